The molecule has 5 nitrogen and oxygen atoms in total. The summed E-state index contributed by atoms with van der Waals surface area (Å²) in [7, 11) is 0. The van der Waals surface area contributed by atoms with E-state index in [4.69, 9.17) is 0 Å². The molecule has 1 aromatic heterocycles. The Hall–Kier alpha value is -2.76. The summed E-state index contributed by atoms with van der Waals surface area (Å²) in [5.41, 5.74) is 6.31. The molecule has 0 fully saturated rings. The first-order valence-electron chi connectivity index (χ1n) is 6.84. The number of benzene rings is 1. The second-order valence-electron chi connectivity index (χ2n) is 4.76. The van der Waals surface area contributed by atoms with Crippen LogP contribution in [-0.4, -0.2) is 16.8 Å². The Morgan fingerprint density at radius 2 is 1.73 bits per heavy atom. The Balaban J connectivity index is 1.69. The second kappa shape index (κ2) is 7.87. The first-order valence-corrected chi connectivity index (χ1v) is 6.84. The molecule has 0 bridgehead atoms. The van der Waals surface area contributed by atoms with Gasteiger partial charge in [0.25, 0.3) is 0 Å². The molecule has 1 aromatic carbocycles. The summed E-state index contributed by atoms with van der Waals surface area (Å²) in [6, 6.07) is 9.31. The Kier molecular flexibility index (Phi) is 5.59. The lowest BCUT2D eigenvalue weighted by molar-refractivity contribution is -0.128. The lowest BCUT2D eigenvalue weighted by Crippen LogP contribution is -2.42. The number of halogens is 1. The van der Waals surface area contributed by atoms with E-state index in [1.54, 1.807) is 18.5 Å². The molecule has 0 aliphatic rings. The zero-order valence-corrected chi connectivity index (χ0v) is 11.9. The molecular formula is C16H16FN3O2. The van der Waals surface area contributed by atoms with Crippen LogP contribution in [0.4, 0.5) is 4.39 Å². The highest BCUT2D eigenvalue weighted by molar-refractivity contribution is 5.83. The molecule has 1 heterocycles. The van der Waals surface area contributed by atoms with Gasteiger partial charge in [0, 0.05) is 18.8 Å². The van der Waals surface area contributed by atoms with Crippen molar-refractivity contribution in [3.63, 3.8) is 0 Å². The van der Waals surface area contributed by atoms with Gasteiger partial charge in [0.05, 0.1) is 6.42 Å². The number of amides is 2. The largest absolute Gasteiger partial charge is 0.273 e. The van der Waals surface area contributed by atoms with Crippen molar-refractivity contribution in [2.75, 3.05) is 0 Å². The van der Waals surface area contributed by atoms with Gasteiger partial charge in [-0.05, 0) is 35.7 Å². The van der Waals surface area contributed by atoms with E-state index < -0.39 is 0 Å². The van der Waals surface area contributed by atoms with E-state index in [1.807, 2.05) is 6.07 Å². The molecule has 2 N–H and O–H groups in total. The van der Waals surface area contributed by atoms with Crippen LogP contribution in [0.1, 0.15) is 17.5 Å². The average molecular weight is 301 g/mol. The highest BCUT2D eigenvalue weighted by atomic mass is 19.1. The quantitative estimate of drug-likeness (QED) is 0.823. The lowest BCUT2D eigenvalue weighted by atomic mass is 10.1. The molecule has 0 unspecified atom stereocenters. The number of carbonyl (C=O) groups excluding carboxylic acids is 2. The minimum Gasteiger partial charge on any atom is -0.273 e. The van der Waals surface area contributed by atoms with Crippen LogP contribution in [0.3, 0.4) is 0 Å². The van der Waals surface area contributed by atoms with Gasteiger partial charge in [-0.3, -0.25) is 25.4 Å². The van der Waals surface area contributed by atoms with E-state index >= 15 is 0 Å². The maximum atomic E-state index is 12.7. The summed E-state index contributed by atoms with van der Waals surface area (Å²) in [6.07, 6.45) is 4.23. The minimum absolute atomic E-state index is 0.0726. The number of nitrogens with zero attached hydrogens (tertiary/aromatic N) is 1. The minimum atomic E-state index is -0.360. The zero-order valence-electron chi connectivity index (χ0n) is 11.9. The fourth-order valence-electron chi connectivity index (χ4n) is 1.84. The van der Waals surface area contributed by atoms with Crippen LogP contribution in [0.5, 0.6) is 0 Å². The van der Waals surface area contributed by atoms with Gasteiger partial charge < -0.3 is 0 Å². The molecule has 2 rings (SSSR count). The van der Waals surface area contributed by atoms with Crippen molar-refractivity contribution in [2.45, 2.75) is 19.3 Å². The van der Waals surface area contributed by atoms with Crippen molar-refractivity contribution in [2.24, 2.45) is 0 Å². The maximum absolute atomic E-state index is 12.7. The first-order chi connectivity index (χ1) is 10.6. The number of hydrazine groups is 1. The maximum Gasteiger partial charge on any atom is 0.242 e. The molecule has 0 atom stereocenters. The third-order valence-electron chi connectivity index (χ3n) is 2.98. The van der Waals surface area contributed by atoms with E-state index in [0.717, 1.165) is 5.56 Å². The Bertz CT molecular complexity index is 630. The number of rotatable bonds is 5. The number of pyridine rings is 1. The molecule has 2 amide bonds. The summed E-state index contributed by atoms with van der Waals surface area (Å²) in [4.78, 5) is 27.2. The SMILES string of the molecule is O=C(CCc1cccnc1)NNC(=O)Cc1ccc(F)cc1. The Morgan fingerprint density at radius 3 is 2.41 bits per heavy atom. The van der Waals surface area contributed by atoms with E-state index in [9.17, 15) is 14.0 Å². The van der Waals surface area contributed by atoms with E-state index in [-0.39, 0.29) is 30.5 Å². The van der Waals surface area contributed by atoms with E-state index in [2.05, 4.69) is 15.8 Å². The summed E-state index contributed by atoms with van der Waals surface area (Å²) >= 11 is 0. The molecule has 0 saturated heterocycles. The number of hydrogen-bond acceptors (Lipinski definition) is 3. The number of carbonyl (C=O) groups is 2. The van der Waals surface area contributed by atoms with Crippen LogP contribution >= 0.6 is 0 Å². The molecule has 22 heavy (non-hydrogen) atoms. The summed E-state index contributed by atoms with van der Waals surface area (Å²) in [6.45, 7) is 0. The fraction of sp³-hybridized carbons (Fsp3) is 0.188. The van der Waals surface area contributed by atoms with Crippen LogP contribution < -0.4 is 10.9 Å². The predicted octanol–water partition coefficient (Wildman–Crippen LogP) is 1.54. The van der Waals surface area contributed by atoms with Crippen molar-refractivity contribution >= 4 is 11.8 Å². The van der Waals surface area contributed by atoms with Crippen molar-refractivity contribution < 1.29 is 14.0 Å². The zero-order chi connectivity index (χ0) is 15.8. The highest BCUT2D eigenvalue weighted by Crippen LogP contribution is 2.03. The smallest absolute Gasteiger partial charge is 0.242 e. The van der Waals surface area contributed by atoms with Crippen LogP contribution in [-0.2, 0) is 22.4 Å². The van der Waals surface area contributed by atoms with E-state index in [0.29, 0.717) is 12.0 Å². The van der Waals surface area contributed by atoms with Gasteiger partial charge in [0.2, 0.25) is 11.8 Å². The van der Waals surface area contributed by atoms with Crippen LogP contribution in [0, 0.1) is 5.82 Å². The van der Waals surface area contributed by atoms with Gasteiger partial charge in [-0.1, -0.05) is 18.2 Å². The molecule has 6 heteroatoms. The number of hydrogen-bond donors (Lipinski definition) is 2. The van der Waals surface area contributed by atoms with Crippen LogP contribution in [0.25, 0.3) is 0 Å². The lowest BCUT2D eigenvalue weighted by Gasteiger charge is -2.07. The molecule has 0 aliphatic carbocycles. The standard InChI is InChI=1S/C16H16FN3O2/c17-14-6-3-12(4-7-14)10-16(22)20-19-15(21)8-5-13-2-1-9-18-11-13/h1-4,6-7,9,11H,5,8,10H2,(H,19,21)(H,20,22). The normalized spacial score (nSPS) is 10.0. The predicted molar refractivity (Wildman–Crippen MR) is 78.9 cm³/mol. The molecule has 114 valence electrons. The van der Waals surface area contributed by atoms with Crippen molar-refractivity contribution in [1.29, 1.82) is 0 Å². The molecule has 0 spiro atoms. The van der Waals surface area contributed by atoms with Crippen LogP contribution in [0.2, 0.25) is 0 Å². The molecule has 2 aromatic rings. The molecular weight excluding hydrogens is 285 g/mol. The van der Waals surface area contributed by atoms with Crippen molar-refractivity contribution in [3.8, 4) is 0 Å². The summed E-state index contributed by atoms with van der Waals surface area (Å²) < 4.78 is 12.7. The first kappa shape index (κ1) is 15.6. The number of aryl methyl sites for hydroxylation is 1. The van der Waals surface area contributed by atoms with Crippen molar-refractivity contribution in [1.82, 2.24) is 15.8 Å². The monoisotopic (exact) mass is 301 g/mol. The van der Waals surface area contributed by atoms with Gasteiger partial charge >= 0.3 is 0 Å². The topological polar surface area (TPSA) is 71.1 Å². The van der Waals surface area contributed by atoms with Crippen molar-refractivity contribution in [3.05, 3.63) is 65.7 Å². The van der Waals surface area contributed by atoms with Gasteiger partial charge in [0.1, 0.15) is 5.82 Å². The van der Waals surface area contributed by atoms with Gasteiger partial charge in [-0.15, -0.1) is 0 Å². The molecule has 0 radical (unpaired) electrons. The summed E-state index contributed by atoms with van der Waals surface area (Å²) in [5, 5.41) is 0. The Labute approximate surface area is 127 Å². The number of aromatic nitrogens is 1. The van der Waals surface area contributed by atoms with Crippen LogP contribution in [0.15, 0.2) is 48.8 Å². The molecule has 0 saturated carbocycles. The van der Waals surface area contributed by atoms with E-state index in [1.165, 1.54) is 24.3 Å². The third kappa shape index (κ3) is 5.32. The van der Waals surface area contributed by atoms with Gasteiger partial charge in [0.15, 0.2) is 0 Å². The third-order valence-corrected chi connectivity index (χ3v) is 2.98. The molecule has 0 aliphatic heterocycles. The van der Waals surface area contributed by atoms with Gasteiger partial charge in [-0.25, -0.2) is 4.39 Å². The second-order valence-corrected chi connectivity index (χ2v) is 4.76. The average Bonchev–Trinajstić information content (AvgIpc) is 2.54. The fourth-order valence-corrected chi connectivity index (χ4v) is 1.84. The summed E-state index contributed by atoms with van der Waals surface area (Å²) in [5.74, 6) is -0.995. The highest BCUT2D eigenvalue weighted by Gasteiger charge is 2.06. The Morgan fingerprint density at radius 1 is 1.00 bits per heavy atom. The van der Waals surface area contributed by atoms with Gasteiger partial charge in [-0.2, -0.15) is 0 Å². The number of nitrogens with one attached hydrogen (secondary N) is 2.